The maximum atomic E-state index is 13.4. The SMILES string of the molecule is O=C(/C=C\c1ccc(F)cc1F)CS(=O)(=O)NC=Cc1ccc(F)cc1F. The van der Waals surface area contributed by atoms with Crippen LogP contribution in [0.2, 0.25) is 0 Å². The van der Waals surface area contributed by atoms with Crippen molar-refractivity contribution in [1.82, 2.24) is 4.72 Å². The van der Waals surface area contributed by atoms with Gasteiger partial charge in [-0.15, -0.1) is 0 Å². The predicted octanol–water partition coefficient (Wildman–Crippen LogP) is 3.42. The molecule has 1 N–H and O–H groups in total. The van der Waals surface area contributed by atoms with E-state index in [2.05, 4.69) is 0 Å². The quantitative estimate of drug-likeness (QED) is 0.573. The molecule has 4 nitrogen and oxygen atoms in total. The van der Waals surface area contributed by atoms with E-state index in [1.54, 1.807) is 0 Å². The third-order valence-electron chi connectivity index (χ3n) is 3.22. The average molecular weight is 399 g/mol. The number of benzene rings is 2. The number of carbonyl (C=O) groups excluding carboxylic acids is 1. The summed E-state index contributed by atoms with van der Waals surface area (Å²) in [5.41, 5.74) is -0.140. The molecule has 2 aromatic rings. The summed E-state index contributed by atoms with van der Waals surface area (Å²) in [5.74, 6) is -5.14. The van der Waals surface area contributed by atoms with Crippen LogP contribution in [-0.4, -0.2) is 20.0 Å². The van der Waals surface area contributed by atoms with Gasteiger partial charge in [-0.05, 0) is 42.5 Å². The zero-order valence-electron chi connectivity index (χ0n) is 13.6. The van der Waals surface area contributed by atoms with Crippen LogP contribution in [0, 0.1) is 23.3 Å². The Bertz CT molecular complexity index is 1020. The predicted molar refractivity (Wildman–Crippen MR) is 92.7 cm³/mol. The Morgan fingerprint density at radius 1 is 0.889 bits per heavy atom. The number of rotatable bonds is 7. The van der Waals surface area contributed by atoms with Crippen molar-refractivity contribution in [2.75, 3.05) is 5.75 Å². The minimum absolute atomic E-state index is 0.0582. The summed E-state index contributed by atoms with van der Waals surface area (Å²) in [7, 11) is -4.08. The van der Waals surface area contributed by atoms with Crippen LogP contribution < -0.4 is 4.72 Å². The number of halogens is 4. The monoisotopic (exact) mass is 399 g/mol. The summed E-state index contributed by atoms with van der Waals surface area (Å²) in [4.78, 5) is 11.7. The molecule has 0 saturated heterocycles. The lowest BCUT2D eigenvalue weighted by Crippen LogP contribution is -2.25. The van der Waals surface area contributed by atoms with E-state index >= 15 is 0 Å². The highest BCUT2D eigenvalue weighted by molar-refractivity contribution is 7.90. The van der Waals surface area contributed by atoms with Gasteiger partial charge in [-0.1, -0.05) is 0 Å². The van der Waals surface area contributed by atoms with Gasteiger partial charge < -0.3 is 0 Å². The van der Waals surface area contributed by atoms with Crippen molar-refractivity contribution < 1.29 is 30.8 Å². The summed E-state index contributed by atoms with van der Waals surface area (Å²) < 4.78 is 78.0. The topological polar surface area (TPSA) is 63.2 Å². The fourth-order valence-corrected chi connectivity index (χ4v) is 2.79. The lowest BCUT2D eigenvalue weighted by molar-refractivity contribution is -0.112. The van der Waals surface area contributed by atoms with Gasteiger partial charge in [-0.3, -0.25) is 9.52 Å². The third kappa shape index (κ3) is 6.37. The Labute approximate surface area is 152 Å². The van der Waals surface area contributed by atoms with Crippen molar-refractivity contribution in [1.29, 1.82) is 0 Å². The molecule has 142 valence electrons. The molecule has 0 aliphatic carbocycles. The average Bonchev–Trinajstić information content (AvgIpc) is 2.55. The fraction of sp³-hybridized carbons (Fsp3) is 0.0556. The Kier molecular flexibility index (Phi) is 6.51. The minimum Gasteiger partial charge on any atom is -0.294 e. The molecule has 0 atom stereocenters. The van der Waals surface area contributed by atoms with E-state index in [9.17, 15) is 30.8 Å². The van der Waals surface area contributed by atoms with Gasteiger partial charge in [0.1, 0.15) is 29.0 Å². The fourth-order valence-electron chi connectivity index (χ4n) is 1.96. The Morgan fingerprint density at radius 3 is 1.93 bits per heavy atom. The Balaban J connectivity index is 1.97. The molecule has 0 aliphatic rings. The van der Waals surface area contributed by atoms with Crippen molar-refractivity contribution in [3.05, 3.63) is 83.1 Å². The van der Waals surface area contributed by atoms with Gasteiger partial charge in [-0.25, -0.2) is 26.0 Å². The van der Waals surface area contributed by atoms with E-state index in [4.69, 9.17) is 0 Å². The van der Waals surface area contributed by atoms with Crippen LogP contribution >= 0.6 is 0 Å². The zero-order valence-corrected chi connectivity index (χ0v) is 14.4. The number of carbonyl (C=O) groups is 1. The van der Waals surface area contributed by atoms with Crippen LogP contribution in [0.5, 0.6) is 0 Å². The van der Waals surface area contributed by atoms with Gasteiger partial charge in [0.2, 0.25) is 10.0 Å². The highest BCUT2D eigenvalue weighted by atomic mass is 32.2. The number of sulfonamides is 1. The molecule has 0 amide bonds. The molecule has 0 aliphatic heterocycles. The smallest absolute Gasteiger partial charge is 0.239 e. The molecule has 0 aromatic heterocycles. The summed E-state index contributed by atoms with van der Waals surface area (Å²) in [6, 6.07) is 5.46. The Hall–Kier alpha value is -2.94. The summed E-state index contributed by atoms with van der Waals surface area (Å²) in [6.45, 7) is 0. The molecule has 0 radical (unpaired) electrons. The number of allylic oxidation sites excluding steroid dienone is 1. The van der Waals surface area contributed by atoms with Gasteiger partial charge in [0, 0.05) is 29.5 Å². The van der Waals surface area contributed by atoms with Crippen LogP contribution in [0.4, 0.5) is 17.6 Å². The standard InChI is InChI=1S/C18H13F4NO3S/c19-14-4-1-12(17(21)9-14)3-6-16(24)11-27(25,26)23-8-7-13-2-5-15(20)10-18(13)22/h1-10,23H,11H2/b6-3-,8-7?. The molecule has 0 spiro atoms. The Morgan fingerprint density at radius 2 is 1.41 bits per heavy atom. The minimum atomic E-state index is -4.08. The van der Waals surface area contributed by atoms with Crippen molar-refractivity contribution >= 4 is 28.0 Å². The van der Waals surface area contributed by atoms with E-state index in [1.807, 2.05) is 4.72 Å². The van der Waals surface area contributed by atoms with Crippen molar-refractivity contribution in [3.8, 4) is 0 Å². The molecule has 0 unspecified atom stereocenters. The highest BCUT2D eigenvalue weighted by Gasteiger charge is 2.13. The summed E-state index contributed by atoms with van der Waals surface area (Å²) in [6.07, 6.45) is 3.82. The van der Waals surface area contributed by atoms with E-state index in [1.165, 1.54) is 0 Å². The molecule has 0 fully saturated rings. The van der Waals surface area contributed by atoms with E-state index in [-0.39, 0.29) is 11.1 Å². The number of hydrogen-bond acceptors (Lipinski definition) is 3. The molecule has 2 rings (SSSR count). The molecule has 0 heterocycles. The van der Waals surface area contributed by atoms with Crippen molar-refractivity contribution in [2.24, 2.45) is 0 Å². The molecular formula is C18H13F4NO3S. The number of ketones is 1. The van der Waals surface area contributed by atoms with Crippen LogP contribution in [0.3, 0.4) is 0 Å². The summed E-state index contributed by atoms with van der Waals surface area (Å²) >= 11 is 0. The second-order valence-corrected chi connectivity index (χ2v) is 7.10. The van der Waals surface area contributed by atoms with E-state index < -0.39 is 44.8 Å². The third-order valence-corrected chi connectivity index (χ3v) is 4.38. The molecule has 0 bridgehead atoms. The maximum Gasteiger partial charge on any atom is 0.239 e. The lowest BCUT2D eigenvalue weighted by Gasteiger charge is -2.02. The zero-order chi connectivity index (χ0) is 20.0. The van der Waals surface area contributed by atoms with Crippen molar-refractivity contribution in [2.45, 2.75) is 0 Å². The van der Waals surface area contributed by atoms with E-state index in [0.29, 0.717) is 12.1 Å². The first-order valence-electron chi connectivity index (χ1n) is 7.44. The second kappa shape index (κ2) is 8.63. The first kappa shape index (κ1) is 20.4. The van der Waals surface area contributed by atoms with Crippen LogP contribution in [0.1, 0.15) is 11.1 Å². The largest absolute Gasteiger partial charge is 0.294 e. The van der Waals surface area contributed by atoms with Crippen LogP contribution in [0.15, 0.2) is 48.7 Å². The van der Waals surface area contributed by atoms with Crippen LogP contribution in [0.25, 0.3) is 12.2 Å². The first-order valence-corrected chi connectivity index (χ1v) is 9.09. The van der Waals surface area contributed by atoms with Gasteiger partial charge >= 0.3 is 0 Å². The van der Waals surface area contributed by atoms with E-state index in [0.717, 1.165) is 48.7 Å². The molecular weight excluding hydrogens is 386 g/mol. The molecule has 9 heteroatoms. The molecule has 0 saturated carbocycles. The van der Waals surface area contributed by atoms with Gasteiger partial charge in [-0.2, -0.15) is 0 Å². The number of hydrogen-bond donors (Lipinski definition) is 1. The van der Waals surface area contributed by atoms with Gasteiger partial charge in [0.25, 0.3) is 0 Å². The second-order valence-electron chi connectivity index (χ2n) is 5.34. The van der Waals surface area contributed by atoms with Gasteiger partial charge in [0.05, 0.1) is 0 Å². The lowest BCUT2D eigenvalue weighted by atomic mass is 10.2. The van der Waals surface area contributed by atoms with Crippen molar-refractivity contribution in [3.63, 3.8) is 0 Å². The summed E-state index contributed by atoms with van der Waals surface area (Å²) in [5, 5.41) is 0. The molecule has 2 aromatic carbocycles. The number of nitrogens with one attached hydrogen (secondary N) is 1. The first-order chi connectivity index (χ1) is 12.7. The molecule has 27 heavy (non-hydrogen) atoms. The normalized spacial score (nSPS) is 12.0. The highest BCUT2D eigenvalue weighted by Crippen LogP contribution is 2.12. The van der Waals surface area contributed by atoms with Crippen LogP contribution in [-0.2, 0) is 14.8 Å². The van der Waals surface area contributed by atoms with Gasteiger partial charge in [0.15, 0.2) is 5.78 Å². The maximum absolute atomic E-state index is 13.4.